The molecule has 5 heteroatoms. The molecule has 0 spiro atoms. The van der Waals surface area contributed by atoms with Crippen LogP contribution in [0.5, 0.6) is 0 Å². The Morgan fingerprint density at radius 2 is 2.14 bits per heavy atom. The molecule has 1 saturated carbocycles. The molecule has 2 aliphatic carbocycles. The number of rotatable bonds is 5. The molecule has 0 unspecified atom stereocenters. The highest BCUT2D eigenvalue weighted by atomic mass is 16.6. The van der Waals surface area contributed by atoms with Crippen molar-refractivity contribution >= 4 is 11.9 Å². The van der Waals surface area contributed by atoms with Crippen molar-refractivity contribution in [1.82, 2.24) is 10.3 Å². The van der Waals surface area contributed by atoms with Gasteiger partial charge in [-0.15, -0.1) is 0 Å². The van der Waals surface area contributed by atoms with Crippen molar-refractivity contribution in [2.75, 3.05) is 0 Å². The molecule has 0 aromatic carbocycles. The number of nitrogens with zero attached hydrogens (tertiary/aromatic N) is 2. The van der Waals surface area contributed by atoms with Crippen molar-refractivity contribution in [1.29, 1.82) is 0 Å². The van der Waals surface area contributed by atoms with Crippen LogP contribution in [0.15, 0.2) is 10.2 Å². The number of carbonyl (C=O) groups is 1. The largest absolute Gasteiger partial charge is 0.390 e. The molecule has 1 N–H and O–H groups in total. The third-order valence-electron chi connectivity index (χ3n) is 5.08. The highest BCUT2D eigenvalue weighted by Gasteiger charge is 2.28. The number of aryl methyl sites for hydroxylation is 1. The number of hydrogen-bond donors (Lipinski definition) is 1. The molecular formula is C17H24N2O3. The summed E-state index contributed by atoms with van der Waals surface area (Å²) in [6.45, 7) is 1.93. The molecule has 1 aromatic heterocycles. The van der Waals surface area contributed by atoms with E-state index >= 15 is 0 Å². The van der Waals surface area contributed by atoms with Gasteiger partial charge in [0.1, 0.15) is 11.4 Å². The van der Waals surface area contributed by atoms with E-state index < -0.39 is 5.60 Å². The molecule has 0 atom stereocenters. The Balaban J connectivity index is 1.44. The van der Waals surface area contributed by atoms with E-state index in [1.54, 1.807) is 0 Å². The Kier molecular flexibility index (Phi) is 4.43. The van der Waals surface area contributed by atoms with Gasteiger partial charge in [0.2, 0.25) is 0 Å². The van der Waals surface area contributed by atoms with Gasteiger partial charge in [-0.3, -0.25) is 4.79 Å². The summed E-state index contributed by atoms with van der Waals surface area (Å²) in [5, 5.41) is 17.6. The zero-order valence-electron chi connectivity index (χ0n) is 13.2. The first kappa shape index (κ1) is 15.4. The Hall–Kier alpha value is -1.49. The molecule has 0 bridgehead atoms. The van der Waals surface area contributed by atoms with E-state index in [9.17, 15) is 9.90 Å². The van der Waals surface area contributed by atoms with E-state index in [1.807, 2.05) is 13.0 Å². The normalized spacial score (nSPS) is 28.1. The maximum Gasteiger partial charge on any atom is 0.158 e. The lowest BCUT2D eigenvalue weighted by atomic mass is 9.78. The first-order chi connectivity index (χ1) is 10.5. The summed E-state index contributed by atoms with van der Waals surface area (Å²) in [6.07, 6.45) is 9.89. The maximum atomic E-state index is 12.3. The van der Waals surface area contributed by atoms with Gasteiger partial charge in [0.15, 0.2) is 5.78 Å². The molecule has 0 aliphatic heterocycles. The van der Waals surface area contributed by atoms with Gasteiger partial charge in [0.05, 0.1) is 5.60 Å². The van der Waals surface area contributed by atoms with Gasteiger partial charge in [-0.2, -0.15) is 0 Å². The van der Waals surface area contributed by atoms with E-state index in [0.717, 1.165) is 62.6 Å². The number of carbonyl (C=O) groups excluding carboxylic acids is 1. The zero-order valence-corrected chi connectivity index (χ0v) is 13.2. The molecule has 5 nitrogen and oxygen atoms in total. The Labute approximate surface area is 130 Å². The van der Waals surface area contributed by atoms with Crippen LogP contribution in [-0.2, 0) is 11.2 Å². The van der Waals surface area contributed by atoms with Gasteiger partial charge in [-0.05, 0) is 69.4 Å². The number of aliphatic hydroxyl groups is 1. The number of Topliss-reactive ketones (excluding diaryl/α,β-unsaturated/α-hetero) is 1. The Morgan fingerprint density at radius 3 is 2.91 bits per heavy atom. The highest BCUT2D eigenvalue weighted by molar-refractivity contribution is 5.99. The predicted octanol–water partition coefficient (Wildman–Crippen LogP) is 3.08. The topological polar surface area (TPSA) is 76.2 Å². The molecule has 0 saturated heterocycles. The van der Waals surface area contributed by atoms with E-state index in [1.165, 1.54) is 0 Å². The lowest BCUT2D eigenvalue weighted by Crippen LogP contribution is -2.30. The fraction of sp³-hybridized carbons (Fsp3) is 0.706. The number of aromatic nitrogens is 2. The number of ketones is 1. The van der Waals surface area contributed by atoms with Crippen LogP contribution in [0, 0.1) is 5.92 Å². The minimum atomic E-state index is -0.470. The molecule has 1 heterocycles. The first-order valence-electron chi connectivity index (χ1n) is 8.31. The van der Waals surface area contributed by atoms with Crippen LogP contribution in [0.25, 0.3) is 6.08 Å². The maximum absolute atomic E-state index is 12.3. The number of hydrogen-bond acceptors (Lipinski definition) is 5. The van der Waals surface area contributed by atoms with Gasteiger partial charge in [0, 0.05) is 6.42 Å². The van der Waals surface area contributed by atoms with Crippen molar-refractivity contribution in [3.05, 3.63) is 17.0 Å². The molecule has 3 rings (SSSR count). The molecule has 1 aromatic rings. The average molecular weight is 304 g/mol. The van der Waals surface area contributed by atoms with E-state index in [2.05, 4.69) is 10.3 Å². The van der Waals surface area contributed by atoms with Crippen LogP contribution < -0.4 is 0 Å². The third kappa shape index (κ3) is 3.64. The summed E-state index contributed by atoms with van der Waals surface area (Å²) in [4.78, 5) is 12.3. The van der Waals surface area contributed by atoms with E-state index in [0.29, 0.717) is 18.0 Å². The second kappa shape index (κ2) is 6.32. The van der Waals surface area contributed by atoms with Crippen molar-refractivity contribution in [2.45, 2.75) is 70.3 Å². The molecule has 1 fully saturated rings. The molecule has 2 aliphatic rings. The molecule has 120 valence electrons. The van der Waals surface area contributed by atoms with Crippen LogP contribution in [0.3, 0.4) is 0 Å². The first-order valence-corrected chi connectivity index (χ1v) is 8.31. The lowest BCUT2D eigenvalue weighted by molar-refractivity contribution is -0.115. The van der Waals surface area contributed by atoms with Crippen molar-refractivity contribution in [2.24, 2.45) is 5.92 Å². The summed E-state index contributed by atoms with van der Waals surface area (Å²) in [5.74, 6) is 0.899. The quantitative estimate of drug-likeness (QED) is 0.904. The Bertz CT molecular complexity index is 564. The highest BCUT2D eigenvalue weighted by Crippen LogP contribution is 2.34. The zero-order chi connectivity index (χ0) is 15.6. The fourth-order valence-corrected chi connectivity index (χ4v) is 3.51. The van der Waals surface area contributed by atoms with Crippen LogP contribution in [0.2, 0.25) is 0 Å². The number of fused-ring (bicyclic) bond motifs is 1. The molecule has 22 heavy (non-hydrogen) atoms. The van der Waals surface area contributed by atoms with Gasteiger partial charge in [-0.25, -0.2) is 4.63 Å². The van der Waals surface area contributed by atoms with Gasteiger partial charge < -0.3 is 5.11 Å². The third-order valence-corrected chi connectivity index (χ3v) is 5.08. The monoisotopic (exact) mass is 304 g/mol. The Morgan fingerprint density at radius 1 is 1.36 bits per heavy atom. The van der Waals surface area contributed by atoms with Crippen LogP contribution in [-0.4, -0.2) is 26.8 Å². The molecule has 0 radical (unpaired) electrons. The second-order valence-corrected chi connectivity index (χ2v) is 7.02. The summed E-state index contributed by atoms with van der Waals surface area (Å²) >= 11 is 0. The lowest BCUT2D eigenvalue weighted by Gasteiger charge is -2.33. The summed E-state index contributed by atoms with van der Waals surface area (Å²) in [6, 6.07) is 0. The van der Waals surface area contributed by atoms with E-state index in [-0.39, 0.29) is 5.78 Å². The van der Waals surface area contributed by atoms with Gasteiger partial charge in [-0.1, -0.05) is 16.7 Å². The average Bonchev–Trinajstić information content (AvgIpc) is 2.96. The second-order valence-electron chi connectivity index (χ2n) is 7.02. The minimum Gasteiger partial charge on any atom is -0.390 e. The predicted molar refractivity (Wildman–Crippen MR) is 82.0 cm³/mol. The number of allylic oxidation sites excluding steroid dienone is 1. The summed E-state index contributed by atoms with van der Waals surface area (Å²) < 4.78 is 4.70. The SMILES string of the molecule is C[C@]1(O)CC[C@H](CCCC(=O)C2=Cc3nonc3CC2)CC1. The van der Waals surface area contributed by atoms with Crippen LogP contribution in [0.1, 0.15) is 69.7 Å². The minimum absolute atomic E-state index is 0.233. The van der Waals surface area contributed by atoms with Crippen LogP contribution >= 0.6 is 0 Å². The summed E-state index contributed by atoms with van der Waals surface area (Å²) in [7, 11) is 0. The van der Waals surface area contributed by atoms with Crippen LogP contribution in [0.4, 0.5) is 0 Å². The van der Waals surface area contributed by atoms with Gasteiger partial charge >= 0.3 is 0 Å². The molecular weight excluding hydrogens is 280 g/mol. The van der Waals surface area contributed by atoms with Gasteiger partial charge in [0.25, 0.3) is 0 Å². The standard InChI is InChI=1S/C17H24N2O3/c1-17(21)9-7-12(8-10-17)3-2-4-16(20)13-5-6-14-15(11-13)19-22-18-14/h11-12,21H,2-10H2,1H3/t12-,17-. The van der Waals surface area contributed by atoms with Crippen molar-refractivity contribution in [3.63, 3.8) is 0 Å². The summed E-state index contributed by atoms with van der Waals surface area (Å²) in [5.41, 5.74) is 1.95. The fourth-order valence-electron chi connectivity index (χ4n) is 3.51. The smallest absolute Gasteiger partial charge is 0.158 e. The van der Waals surface area contributed by atoms with Crippen molar-refractivity contribution < 1.29 is 14.5 Å². The molecule has 0 amide bonds. The van der Waals surface area contributed by atoms with E-state index in [4.69, 9.17) is 4.63 Å². The van der Waals surface area contributed by atoms with Crippen molar-refractivity contribution in [3.8, 4) is 0 Å².